The van der Waals surface area contributed by atoms with Crippen molar-refractivity contribution >= 4 is 5.91 Å². The second-order valence-electron chi connectivity index (χ2n) is 5.00. The average molecular weight is 242 g/mol. The van der Waals surface area contributed by atoms with Crippen LogP contribution in [0, 0.1) is 5.92 Å². The van der Waals surface area contributed by atoms with E-state index < -0.39 is 0 Å². The van der Waals surface area contributed by atoms with E-state index in [4.69, 9.17) is 4.74 Å². The molecule has 100 valence electrons. The SMILES string of the molecule is CC(C)OCCNC(=O)CCC1CCNCC1. The number of rotatable bonds is 7. The number of piperidine rings is 1. The van der Waals surface area contributed by atoms with Gasteiger partial charge in [0.15, 0.2) is 0 Å². The maximum atomic E-state index is 11.5. The van der Waals surface area contributed by atoms with Crippen molar-refractivity contribution in [2.24, 2.45) is 5.92 Å². The minimum atomic E-state index is 0.163. The second kappa shape index (κ2) is 8.48. The summed E-state index contributed by atoms with van der Waals surface area (Å²) in [5.41, 5.74) is 0. The van der Waals surface area contributed by atoms with Gasteiger partial charge in [-0.25, -0.2) is 0 Å². The van der Waals surface area contributed by atoms with Gasteiger partial charge >= 0.3 is 0 Å². The molecule has 1 saturated heterocycles. The molecule has 0 atom stereocenters. The van der Waals surface area contributed by atoms with Crippen molar-refractivity contribution < 1.29 is 9.53 Å². The van der Waals surface area contributed by atoms with Crippen molar-refractivity contribution in [3.8, 4) is 0 Å². The van der Waals surface area contributed by atoms with Crippen LogP contribution in [-0.4, -0.2) is 38.3 Å². The van der Waals surface area contributed by atoms with E-state index in [1.807, 2.05) is 13.8 Å². The highest BCUT2D eigenvalue weighted by Gasteiger charge is 2.14. The molecule has 1 aliphatic heterocycles. The van der Waals surface area contributed by atoms with Crippen LogP contribution in [0.15, 0.2) is 0 Å². The molecule has 0 radical (unpaired) electrons. The standard InChI is InChI=1S/C13H26N2O2/c1-11(2)17-10-9-15-13(16)4-3-12-5-7-14-8-6-12/h11-12,14H,3-10H2,1-2H3,(H,15,16). The van der Waals surface area contributed by atoms with Crippen LogP contribution in [0.2, 0.25) is 0 Å². The highest BCUT2D eigenvalue weighted by molar-refractivity contribution is 5.75. The van der Waals surface area contributed by atoms with E-state index in [1.165, 1.54) is 12.8 Å². The number of hydrogen-bond acceptors (Lipinski definition) is 3. The molecule has 4 nitrogen and oxygen atoms in total. The number of carbonyl (C=O) groups is 1. The highest BCUT2D eigenvalue weighted by Crippen LogP contribution is 2.17. The molecule has 1 aliphatic rings. The summed E-state index contributed by atoms with van der Waals surface area (Å²) < 4.78 is 5.36. The smallest absolute Gasteiger partial charge is 0.220 e. The molecule has 1 heterocycles. The first-order chi connectivity index (χ1) is 8.18. The molecule has 4 heteroatoms. The van der Waals surface area contributed by atoms with Crippen molar-refractivity contribution in [2.45, 2.75) is 45.6 Å². The molecule has 0 bridgehead atoms. The normalized spacial score (nSPS) is 17.4. The van der Waals surface area contributed by atoms with Gasteiger partial charge in [0.1, 0.15) is 0 Å². The van der Waals surface area contributed by atoms with Crippen molar-refractivity contribution in [2.75, 3.05) is 26.2 Å². The quantitative estimate of drug-likeness (QED) is 0.662. The monoisotopic (exact) mass is 242 g/mol. The lowest BCUT2D eigenvalue weighted by Gasteiger charge is -2.22. The van der Waals surface area contributed by atoms with Crippen LogP contribution in [0.5, 0.6) is 0 Å². The van der Waals surface area contributed by atoms with Gasteiger partial charge in [0.05, 0.1) is 12.7 Å². The van der Waals surface area contributed by atoms with Gasteiger partial charge in [0.25, 0.3) is 0 Å². The molecule has 1 rings (SSSR count). The topological polar surface area (TPSA) is 50.4 Å². The fourth-order valence-corrected chi connectivity index (χ4v) is 2.08. The Balaban J connectivity index is 1.96. The first kappa shape index (κ1) is 14.5. The molecule has 0 aliphatic carbocycles. The zero-order valence-corrected chi connectivity index (χ0v) is 11.1. The first-order valence-electron chi connectivity index (χ1n) is 6.77. The predicted molar refractivity (Wildman–Crippen MR) is 68.9 cm³/mol. The van der Waals surface area contributed by atoms with Crippen molar-refractivity contribution in [3.05, 3.63) is 0 Å². The summed E-state index contributed by atoms with van der Waals surface area (Å²) in [5.74, 6) is 0.893. The van der Waals surface area contributed by atoms with Crippen LogP contribution < -0.4 is 10.6 Å². The Morgan fingerprint density at radius 1 is 1.41 bits per heavy atom. The van der Waals surface area contributed by atoms with Crippen LogP contribution >= 0.6 is 0 Å². The van der Waals surface area contributed by atoms with Crippen molar-refractivity contribution in [3.63, 3.8) is 0 Å². The zero-order valence-electron chi connectivity index (χ0n) is 11.1. The molecule has 0 saturated carbocycles. The van der Waals surface area contributed by atoms with E-state index in [-0.39, 0.29) is 12.0 Å². The lowest BCUT2D eigenvalue weighted by atomic mass is 9.93. The summed E-state index contributed by atoms with van der Waals surface area (Å²) in [5, 5.41) is 6.24. The zero-order chi connectivity index (χ0) is 12.5. The van der Waals surface area contributed by atoms with E-state index in [9.17, 15) is 4.79 Å². The van der Waals surface area contributed by atoms with Gasteiger partial charge in [-0.3, -0.25) is 4.79 Å². The molecule has 0 aromatic rings. The van der Waals surface area contributed by atoms with Gasteiger partial charge in [-0.2, -0.15) is 0 Å². The van der Waals surface area contributed by atoms with Gasteiger partial charge in [0.2, 0.25) is 5.91 Å². The van der Waals surface area contributed by atoms with Gasteiger partial charge < -0.3 is 15.4 Å². The number of ether oxygens (including phenoxy) is 1. The summed E-state index contributed by atoms with van der Waals surface area (Å²) in [6.07, 6.45) is 4.35. The Hall–Kier alpha value is -0.610. The number of nitrogens with one attached hydrogen (secondary N) is 2. The summed E-state index contributed by atoms with van der Waals surface area (Å²) >= 11 is 0. The number of hydrogen-bond donors (Lipinski definition) is 2. The van der Waals surface area contributed by atoms with E-state index in [0.717, 1.165) is 25.4 Å². The number of carbonyl (C=O) groups excluding carboxylic acids is 1. The third kappa shape index (κ3) is 7.34. The maximum absolute atomic E-state index is 11.5. The lowest BCUT2D eigenvalue weighted by Crippen LogP contribution is -2.30. The molecule has 0 spiro atoms. The van der Waals surface area contributed by atoms with Gasteiger partial charge in [-0.1, -0.05) is 0 Å². The van der Waals surface area contributed by atoms with Crippen LogP contribution in [0.25, 0.3) is 0 Å². The summed E-state index contributed by atoms with van der Waals surface area (Å²) in [7, 11) is 0. The lowest BCUT2D eigenvalue weighted by molar-refractivity contribution is -0.121. The molecular weight excluding hydrogens is 216 g/mol. The predicted octanol–water partition coefficient (Wildman–Crippen LogP) is 1.31. The molecule has 0 aromatic heterocycles. The summed E-state index contributed by atoms with van der Waals surface area (Å²) in [6, 6.07) is 0. The third-order valence-corrected chi connectivity index (χ3v) is 3.11. The third-order valence-electron chi connectivity index (χ3n) is 3.11. The Morgan fingerprint density at radius 2 is 2.12 bits per heavy atom. The van der Waals surface area contributed by atoms with E-state index in [2.05, 4.69) is 10.6 Å². The fourth-order valence-electron chi connectivity index (χ4n) is 2.08. The molecule has 0 unspecified atom stereocenters. The largest absolute Gasteiger partial charge is 0.377 e. The molecule has 1 fully saturated rings. The second-order valence-corrected chi connectivity index (χ2v) is 5.00. The Kier molecular flexibility index (Phi) is 7.21. The molecule has 17 heavy (non-hydrogen) atoms. The molecule has 2 N–H and O–H groups in total. The van der Waals surface area contributed by atoms with Gasteiger partial charge in [-0.05, 0) is 52.1 Å². The fraction of sp³-hybridized carbons (Fsp3) is 0.923. The van der Waals surface area contributed by atoms with Crippen LogP contribution in [0.1, 0.15) is 39.5 Å². The average Bonchev–Trinajstić information content (AvgIpc) is 2.33. The minimum absolute atomic E-state index is 0.163. The Labute approximate surface area is 104 Å². The molecule has 1 amide bonds. The summed E-state index contributed by atoms with van der Waals surface area (Å²) in [4.78, 5) is 11.5. The molecule has 0 aromatic carbocycles. The van der Waals surface area contributed by atoms with Crippen LogP contribution in [-0.2, 0) is 9.53 Å². The Morgan fingerprint density at radius 3 is 2.76 bits per heavy atom. The van der Waals surface area contributed by atoms with E-state index in [1.54, 1.807) is 0 Å². The van der Waals surface area contributed by atoms with Gasteiger partial charge in [-0.15, -0.1) is 0 Å². The first-order valence-corrected chi connectivity index (χ1v) is 6.77. The van der Waals surface area contributed by atoms with E-state index >= 15 is 0 Å². The summed E-state index contributed by atoms with van der Waals surface area (Å²) in [6.45, 7) is 7.45. The van der Waals surface area contributed by atoms with Crippen LogP contribution in [0.3, 0.4) is 0 Å². The van der Waals surface area contributed by atoms with E-state index in [0.29, 0.717) is 19.6 Å². The Bertz CT molecular complexity index is 213. The van der Waals surface area contributed by atoms with Gasteiger partial charge in [0, 0.05) is 13.0 Å². The van der Waals surface area contributed by atoms with Crippen molar-refractivity contribution in [1.29, 1.82) is 0 Å². The maximum Gasteiger partial charge on any atom is 0.220 e. The molecular formula is C13H26N2O2. The minimum Gasteiger partial charge on any atom is -0.377 e. The van der Waals surface area contributed by atoms with Crippen LogP contribution in [0.4, 0.5) is 0 Å². The highest BCUT2D eigenvalue weighted by atomic mass is 16.5. The number of amides is 1. The van der Waals surface area contributed by atoms with Crippen molar-refractivity contribution in [1.82, 2.24) is 10.6 Å².